The second-order valence-electron chi connectivity index (χ2n) is 6.94. The van der Waals surface area contributed by atoms with Gasteiger partial charge in [-0.25, -0.2) is 0 Å². The van der Waals surface area contributed by atoms with Crippen LogP contribution >= 0.6 is 56.9 Å². The van der Waals surface area contributed by atoms with Gasteiger partial charge in [0.15, 0.2) is 0 Å². The number of hydrogen-bond acceptors (Lipinski definition) is 5. The van der Waals surface area contributed by atoms with E-state index in [1.807, 2.05) is 38.1 Å². The number of imide groups is 1. The number of thioether (sulfide) groups is 1. The molecule has 0 atom stereocenters. The van der Waals surface area contributed by atoms with Crippen molar-refractivity contribution < 1.29 is 19.1 Å². The Hall–Kier alpha value is -2.04. The zero-order valence-corrected chi connectivity index (χ0v) is 22.3. The predicted molar refractivity (Wildman–Crippen MR) is 143 cm³/mol. The van der Waals surface area contributed by atoms with E-state index in [0.29, 0.717) is 11.4 Å². The van der Waals surface area contributed by atoms with E-state index in [-0.39, 0.29) is 18.1 Å². The number of nitrogens with one attached hydrogen (secondary N) is 1. The van der Waals surface area contributed by atoms with E-state index < -0.39 is 17.1 Å². The van der Waals surface area contributed by atoms with E-state index in [4.69, 9.17) is 11.2 Å². The van der Waals surface area contributed by atoms with Crippen LogP contribution < -0.4 is 10.1 Å². The fraction of sp³-hybridized carbons (Fsp3) is 0.174. The lowest BCUT2D eigenvalue weighted by molar-refractivity contribution is -0.127. The summed E-state index contributed by atoms with van der Waals surface area (Å²) in [4.78, 5) is 38.9. The van der Waals surface area contributed by atoms with Crippen molar-refractivity contribution in [3.05, 3.63) is 59.1 Å². The molecule has 2 aromatic rings. The van der Waals surface area contributed by atoms with Gasteiger partial charge < -0.3 is 10.1 Å². The van der Waals surface area contributed by atoms with Gasteiger partial charge in [-0.1, -0.05) is 23.6 Å². The monoisotopic (exact) mass is 672 g/mol. The van der Waals surface area contributed by atoms with Gasteiger partial charge in [-0.2, -0.15) is 0 Å². The number of halogens is 2. The number of nitrogens with zero attached hydrogens (tertiary/aromatic N) is 1. The Morgan fingerprint density at radius 3 is 2.53 bits per heavy atom. The van der Waals surface area contributed by atoms with Crippen molar-refractivity contribution in [1.82, 2.24) is 4.90 Å². The summed E-state index contributed by atoms with van der Waals surface area (Å²) < 4.78 is 7.23. The maximum Gasteiger partial charge on any atom is 0.294 e. The van der Waals surface area contributed by atoms with Gasteiger partial charge in [-0.3, -0.25) is 19.3 Å². The molecule has 0 bridgehead atoms. The number of aryl methyl sites for hydroxylation is 2. The van der Waals surface area contributed by atoms with Crippen LogP contribution in [0.25, 0.3) is 6.08 Å². The number of ether oxygens (including phenoxy) is 1. The van der Waals surface area contributed by atoms with Crippen LogP contribution in [-0.2, 0) is 9.59 Å². The van der Waals surface area contributed by atoms with Crippen molar-refractivity contribution in [1.29, 1.82) is 0 Å². The summed E-state index contributed by atoms with van der Waals surface area (Å²) >= 11 is 5.08. The van der Waals surface area contributed by atoms with Gasteiger partial charge >= 0.3 is 0 Å². The first-order chi connectivity index (χ1) is 15.2. The molecule has 3 amide bonds. The lowest BCUT2D eigenvalue weighted by Gasteiger charge is -2.14. The van der Waals surface area contributed by atoms with Crippen LogP contribution in [0, 0.1) is 33.3 Å². The van der Waals surface area contributed by atoms with E-state index in [1.54, 1.807) is 12.1 Å². The first-order valence-electron chi connectivity index (χ1n) is 9.37. The molecule has 2 aromatic carbocycles. The molecular formula is C23H18I2N2O4S. The number of anilines is 1. The highest BCUT2D eigenvalue weighted by Gasteiger charge is 2.36. The largest absolute Gasteiger partial charge is 0.479 e. The second kappa shape index (κ2) is 10.7. The third kappa shape index (κ3) is 5.85. The van der Waals surface area contributed by atoms with Crippen molar-refractivity contribution in [3.63, 3.8) is 0 Å². The van der Waals surface area contributed by atoms with Gasteiger partial charge in [-0.05, 0) is 106 Å². The average molecular weight is 672 g/mol. The van der Waals surface area contributed by atoms with Crippen molar-refractivity contribution in [2.45, 2.75) is 13.8 Å². The van der Waals surface area contributed by atoms with E-state index in [2.05, 4.69) is 56.4 Å². The average Bonchev–Trinajstić information content (AvgIpc) is 2.97. The number of hydrogen-bond donors (Lipinski definition) is 1. The summed E-state index contributed by atoms with van der Waals surface area (Å²) in [6.45, 7) is 3.67. The third-order valence-corrected chi connectivity index (χ3v) is 6.96. The molecule has 0 radical (unpaired) electrons. The predicted octanol–water partition coefficient (Wildman–Crippen LogP) is 5.20. The summed E-state index contributed by atoms with van der Waals surface area (Å²) in [5.74, 6) is 2.19. The molecule has 0 unspecified atom stereocenters. The van der Waals surface area contributed by atoms with Crippen LogP contribution in [0.3, 0.4) is 0 Å². The van der Waals surface area contributed by atoms with E-state index >= 15 is 0 Å². The minimum absolute atomic E-state index is 0.161. The molecule has 9 heteroatoms. The fourth-order valence-electron chi connectivity index (χ4n) is 2.99. The molecule has 1 N–H and O–H groups in total. The van der Waals surface area contributed by atoms with Crippen molar-refractivity contribution in [2.75, 3.05) is 18.5 Å². The Balaban J connectivity index is 1.73. The summed E-state index contributed by atoms with van der Waals surface area (Å²) in [6, 6.07) is 9.32. The molecule has 1 saturated heterocycles. The molecular weight excluding hydrogens is 654 g/mol. The van der Waals surface area contributed by atoms with Crippen molar-refractivity contribution in [3.8, 4) is 18.1 Å². The number of amides is 3. The molecule has 1 heterocycles. The lowest BCUT2D eigenvalue weighted by Crippen LogP contribution is -2.36. The van der Waals surface area contributed by atoms with E-state index in [9.17, 15) is 14.4 Å². The van der Waals surface area contributed by atoms with Gasteiger partial charge in [0.05, 0.1) is 12.0 Å². The minimum atomic E-state index is -0.492. The Bertz CT molecular complexity index is 1160. The van der Waals surface area contributed by atoms with E-state index in [0.717, 1.165) is 40.5 Å². The summed E-state index contributed by atoms with van der Waals surface area (Å²) in [5.41, 5.74) is 3.39. The number of terminal acetylenes is 1. The van der Waals surface area contributed by atoms with Gasteiger partial charge in [0.2, 0.25) is 5.91 Å². The van der Waals surface area contributed by atoms with Crippen LogP contribution in [0.1, 0.15) is 16.7 Å². The van der Waals surface area contributed by atoms with Crippen molar-refractivity contribution in [2.24, 2.45) is 0 Å². The first kappa shape index (κ1) is 24.6. The number of rotatable bonds is 6. The smallest absolute Gasteiger partial charge is 0.294 e. The summed E-state index contributed by atoms with van der Waals surface area (Å²) in [6.07, 6.45) is 6.89. The Morgan fingerprint density at radius 1 is 1.22 bits per heavy atom. The summed E-state index contributed by atoms with van der Waals surface area (Å²) in [7, 11) is 0. The maximum absolute atomic E-state index is 12.8. The van der Waals surface area contributed by atoms with Gasteiger partial charge in [0.1, 0.15) is 18.9 Å². The number of carbonyl (C=O) groups excluding carboxylic acids is 3. The molecule has 164 valence electrons. The van der Waals surface area contributed by atoms with Crippen LogP contribution in [0.5, 0.6) is 5.75 Å². The molecule has 0 spiro atoms. The lowest BCUT2D eigenvalue weighted by atomic mass is 10.1. The molecule has 3 rings (SSSR count). The molecule has 0 aliphatic carbocycles. The quantitative estimate of drug-likeness (QED) is 0.260. The molecule has 6 nitrogen and oxygen atoms in total. The zero-order chi connectivity index (χ0) is 23.4. The van der Waals surface area contributed by atoms with E-state index in [1.165, 1.54) is 0 Å². The minimum Gasteiger partial charge on any atom is -0.479 e. The first-order valence-corrected chi connectivity index (χ1v) is 12.3. The number of carbonyl (C=O) groups is 3. The highest BCUT2D eigenvalue weighted by atomic mass is 127. The SMILES string of the molecule is C#CCOc1c(I)cc(/C=C2\SC(=O)N(CC(=O)Nc3ccc(C)cc3C)C2=O)cc1I. The van der Waals surface area contributed by atoms with Crippen LogP contribution in [0.15, 0.2) is 35.2 Å². The zero-order valence-electron chi connectivity index (χ0n) is 17.2. The highest BCUT2D eigenvalue weighted by Crippen LogP contribution is 2.34. The topological polar surface area (TPSA) is 75.7 Å². The second-order valence-corrected chi connectivity index (χ2v) is 10.3. The fourth-order valence-corrected chi connectivity index (χ4v) is 5.96. The Kier molecular flexibility index (Phi) is 8.24. The molecule has 1 aliphatic heterocycles. The van der Waals surface area contributed by atoms with Crippen LogP contribution in [0.4, 0.5) is 10.5 Å². The molecule has 0 saturated carbocycles. The standard InChI is InChI=1S/C23H18I2N2O4S/c1-4-7-31-21-16(24)9-15(10-17(21)25)11-19-22(29)27(23(30)32-19)12-20(28)26-18-6-5-13(2)8-14(18)3/h1,5-6,8-11H,7,12H2,2-3H3,(H,26,28)/b19-11-. The highest BCUT2D eigenvalue weighted by molar-refractivity contribution is 14.1. The third-order valence-electron chi connectivity index (χ3n) is 4.45. The van der Waals surface area contributed by atoms with Crippen LogP contribution in [-0.4, -0.2) is 35.1 Å². The maximum atomic E-state index is 12.8. The molecule has 1 aliphatic rings. The van der Waals surface area contributed by atoms with Crippen molar-refractivity contribution >= 4 is 85.8 Å². The molecule has 0 aromatic heterocycles. The normalized spacial score (nSPS) is 14.6. The summed E-state index contributed by atoms with van der Waals surface area (Å²) in [5, 5.41) is 2.29. The molecule has 32 heavy (non-hydrogen) atoms. The number of benzene rings is 2. The van der Waals surface area contributed by atoms with Gasteiger partial charge in [0, 0.05) is 5.69 Å². The van der Waals surface area contributed by atoms with Gasteiger partial charge in [0.25, 0.3) is 11.1 Å². The van der Waals surface area contributed by atoms with Gasteiger partial charge in [-0.15, -0.1) is 6.42 Å². The Morgan fingerprint density at radius 2 is 1.91 bits per heavy atom. The Labute approximate surface area is 217 Å². The van der Waals surface area contributed by atoms with Crippen LogP contribution in [0.2, 0.25) is 0 Å². The molecule has 1 fully saturated rings.